The molecule has 0 N–H and O–H groups in total. The van der Waals surface area contributed by atoms with Crippen molar-refractivity contribution in [1.29, 1.82) is 5.26 Å². The van der Waals surface area contributed by atoms with Crippen molar-refractivity contribution in [3.8, 4) is 17.3 Å². The van der Waals surface area contributed by atoms with E-state index < -0.39 is 0 Å². The van der Waals surface area contributed by atoms with Crippen molar-refractivity contribution < 1.29 is 0 Å². The van der Waals surface area contributed by atoms with E-state index in [1.54, 1.807) is 0 Å². The molecule has 0 atom stereocenters. The number of rotatable bonds is 1. The van der Waals surface area contributed by atoms with Gasteiger partial charge in [-0.2, -0.15) is 5.26 Å². The number of hydrogen-bond acceptors (Lipinski definition) is 3. The Labute approximate surface area is 118 Å². The topological polar surface area (TPSA) is 49.6 Å². The molecule has 0 bridgehead atoms. The first-order chi connectivity index (χ1) is 9.29. The molecule has 0 unspecified atom stereocenters. The highest BCUT2D eigenvalue weighted by Gasteiger charge is 2.11. The maximum absolute atomic E-state index is 9.41. The highest BCUT2D eigenvalue weighted by atomic mass is 79.9. The summed E-state index contributed by atoms with van der Waals surface area (Å²) < 4.78 is 0.989. The van der Waals surface area contributed by atoms with Gasteiger partial charge in [-0.15, -0.1) is 10.2 Å². The Morgan fingerprint density at radius 2 is 1.68 bits per heavy atom. The molecule has 3 aromatic rings. The van der Waals surface area contributed by atoms with E-state index in [1.165, 1.54) is 0 Å². The molecule has 1 aromatic heterocycles. The van der Waals surface area contributed by atoms with Crippen LogP contribution in [0.25, 0.3) is 22.2 Å². The van der Waals surface area contributed by atoms with Gasteiger partial charge in [0.15, 0.2) is 0 Å². The molecule has 2 aromatic carbocycles. The van der Waals surface area contributed by atoms with E-state index in [0.717, 1.165) is 20.9 Å². The van der Waals surface area contributed by atoms with Gasteiger partial charge in [-0.05, 0) is 18.2 Å². The Kier molecular flexibility index (Phi) is 2.98. The maximum Gasteiger partial charge on any atom is 0.111 e. The third-order valence-electron chi connectivity index (χ3n) is 2.90. The van der Waals surface area contributed by atoms with Crippen LogP contribution in [-0.4, -0.2) is 10.2 Å². The molecule has 1 heterocycles. The second-order valence-electron chi connectivity index (χ2n) is 4.06. The smallest absolute Gasteiger partial charge is 0.111 e. The maximum atomic E-state index is 9.41. The number of aromatic nitrogens is 2. The second-order valence-corrected chi connectivity index (χ2v) is 4.98. The van der Waals surface area contributed by atoms with Gasteiger partial charge < -0.3 is 0 Å². The van der Waals surface area contributed by atoms with E-state index in [2.05, 4.69) is 32.2 Å². The highest BCUT2D eigenvalue weighted by Crippen LogP contribution is 2.27. The van der Waals surface area contributed by atoms with Gasteiger partial charge in [-0.3, -0.25) is 0 Å². The van der Waals surface area contributed by atoms with Gasteiger partial charge in [0, 0.05) is 15.4 Å². The lowest BCUT2D eigenvalue weighted by Crippen LogP contribution is -1.94. The summed E-state index contributed by atoms with van der Waals surface area (Å²) in [5.74, 6) is 0. The third kappa shape index (κ3) is 2.09. The first-order valence-electron chi connectivity index (χ1n) is 5.71. The van der Waals surface area contributed by atoms with Crippen molar-refractivity contribution >= 4 is 26.8 Å². The van der Waals surface area contributed by atoms with Crippen molar-refractivity contribution in [2.24, 2.45) is 0 Å². The van der Waals surface area contributed by atoms with Crippen molar-refractivity contribution in [1.82, 2.24) is 10.2 Å². The van der Waals surface area contributed by atoms with Crippen molar-refractivity contribution in [2.75, 3.05) is 0 Å². The molecule has 0 saturated carbocycles. The van der Waals surface area contributed by atoms with E-state index in [0.29, 0.717) is 11.3 Å². The Hall–Kier alpha value is -2.25. The van der Waals surface area contributed by atoms with Crippen LogP contribution in [-0.2, 0) is 0 Å². The summed E-state index contributed by atoms with van der Waals surface area (Å²) in [6.07, 6.45) is 0. The summed E-state index contributed by atoms with van der Waals surface area (Å²) in [5.41, 5.74) is 2.81. The minimum atomic E-state index is 0.563. The van der Waals surface area contributed by atoms with Gasteiger partial charge in [-0.1, -0.05) is 46.3 Å². The molecule has 3 nitrogen and oxygen atoms in total. The summed E-state index contributed by atoms with van der Waals surface area (Å²) in [7, 11) is 0. The van der Waals surface area contributed by atoms with E-state index in [1.807, 2.05) is 48.5 Å². The van der Waals surface area contributed by atoms with Gasteiger partial charge in [-0.25, -0.2) is 0 Å². The zero-order chi connectivity index (χ0) is 13.2. The van der Waals surface area contributed by atoms with Crippen molar-refractivity contribution in [2.45, 2.75) is 0 Å². The molecule has 0 aliphatic carbocycles. The summed E-state index contributed by atoms with van der Waals surface area (Å²) in [6.45, 7) is 0. The number of nitriles is 1. The molecule has 0 aliphatic heterocycles. The molecule has 0 aliphatic rings. The fraction of sp³-hybridized carbons (Fsp3) is 0. The molecule has 0 spiro atoms. The predicted octanol–water partition coefficient (Wildman–Crippen LogP) is 3.93. The first kappa shape index (κ1) is 11.8. The van der Waals surface area contributed by atoms with Crippen LogP contribution >= 0.6 is 15.9 Å². The standard InChI is InChI=1S/C15H8BrN3/c16-11-7-5-10(6-8-11)15-13(9-17)12-3-1-2-4-14(12)18-19-15/h1-8H. The van der Waals surface area contributed by atoms with E-state index in [9.17, 15) is 5.26 Å². The lowest BCUT2D eigenvalue weighted by molar-refractivity contribution is 1.08. The van der Waals surface area contributed by atoms with Crippen LogP contribution in [0, 0.1) is 11.3 Å². The van der Waals surface area contributed by atoms with Gasteiger partial charge in [0.1, 0.15) is 11.8 Å². The van der Waals surface area contributed by atoms with Gasteiger partial charge in [0.25, 0.3) is 0 Å². The van der Waals surface area contributed by atoms with E-state index in [4.69, 9.17) is 0 Å². The van der Waals surface area contributed by atoms with E-state index >= 15 is 0 Å². The average molecular weight is 310 g/mol. The average Bonchev–Trinajstić information content (AvgIpc) is 2.47. The zero-order valence-corrected chi connectivity index (χ0v) is 11.4. The van der Waals surface area contributed by atoms with Crippen LogP contribution in [0.2, 0.25) is 0 Å². The van der Waals surface area contributed by atoms with Crippen LogP contribution in [0.5, 0.6) is 0 Å². The molecular formula is C15H8BrN3. The number of hydrogen-bond donors (Lipinski definition) is 0. The van der Waals surface area contributed by atoms with E-state index in [-0.39, 0.29) is 0 Å². The minimum absolute atomic E-state index is 0.563. The molecule has 19 heavy (non-hydrogen) atoms. The Morgan fingerprint density at radius 1 is 0.947 bits per heavy atom. The number of nitrogens with zero attached hydrogens (tertiary/aromatic N) is 3. The SMILES string of the molecule is N#Cc1c(-c2ccc(Br)cc2)nnc2ccccc12. The predicted molar refractivity (Wildman–Crippen MR) is 77.4 cm³/mol. The fourth-order valence-corrected chi connectivity index (χ4v) is 2.24. The van der Waals surface area contributed by atoms with Crippen LogP contribution in [0.1, 0.15) is 5.56 Å². The number of fused-ring (bicyclic) bond motifs is 1. The summed E-state index contributed by atoms with van der Waals surface area (Å²) in [6, 6.07) is 17.5. The highest BCUT2D eigenvalue weighted by molar-refractivity contribution is 9.10. The monoisotopic (exact) mass is 309 g/mol. The third-order valence-corrected chi connectivity index (χ3v) is 3.43. The molecule has 0 amide bonds. The second kappa shape index (κ2) is 4.79. The lowest BCUT2D eigenvalue weighted by atomic mass is 10.0. The summed E-state index contributed by atoms with van der Waals surface area (Å²) in [5, 5.41) is 18.6. The van der Waals surface area contributed by atoms with Crippen LogP contribution in [0.15, 0.2) is 53.0 Å². The largest absolute Gasteiger partial charge is 0.192 e. The zero-order valence-electron chi connectivity index (χ0n) is 9.84. The molecule has 0 fully saturated rings. The molecule has 4 heteroatoms. The number of halogens is 1. The Balaban J connectivity index is 2.30. The fourth-order valence-electron chi connectivity index (χ4n) is 1.98. The Morgan fingerprint density at radius 3 is 2.42 bits per heavy atom. The number of benzene rings is 2. The molecule has 3 rings (SSSR count). The van der Waals surface area contributed by atoms with Crippen LogP contribution in [0.4, 0.5) is 0 Å². The van der Waals surface area contributed by atoms with Crippen molar-refractivity contribution in [3.63, 3.8) is 0 Å². The minimum Gasteiger partial charge on any atom is -0.192 e. The first-order valence-corrected chi connectivity index (χ1v) is 6.50. The summed E-state index contributed by atoms with van der Waals surface area (Å²) >= 11 is 3.39. The molecule has 0 radical (unpaired) electrons. The van der Waals surface area contributed by atoms with Gasteiger partial charge >= 0.3 is 0 Å². The van der Waals surface area contributed by atoms with Gasteiger partial charge in [0.05, 0.1) is 11.1 Å². The Bertz CT molecular complexity index is 789. The normalized spacial score (nSPS) is 10.3. The van der Waals surface area contributed by atoms with Crippen LogP contribution < -0.4 is 0 Å². The summed E-state index contributed by atoms with van der Waals surface area (Å²) in [4.78, 5) is 0. The lowest BCUT2D eigenvalue weighted by Gasteiger charge is -2.05. The van der Waals surface area contributed by atoms with Crippen molar-refractivity contribution in [3.05, 3.63) is 58.6 Å². The molecular weight excluding hydrogens is 302 g/mol. The van der Waals surface area contributed by atoms with Crippen LogP contribution in [0.3, 0.4) is 0 Å². The molecule has 0 saturated heterocycles. The quantitative estimate of drug-likeness (QED) is 0.684. The van der Waals surface area contributed by atoms with Gasteiger partial charge in [0.2, 0.25) is 0 Å². The molecule has 90 valence electrons.